The first-order valence-corrected chi connectivity index (χ1v) is 7.97. The minimum Gasteiger partial charge on any atom is -0.496 e. The largest absolute Gasteiger partial charge is 0.496 e. The van der Waals surface area contributed by atoms with E-state index in [1.807, 2.05) is 13.8 Å². The van der Waals surface area contributed by atoms with Crippen LogP contribution < -0.4 is 14.8 Å². The van der Waals surface area contributed by atoms with Crippen LogP contribution in [0.3, 0.4) is 0 Å². The van der Waals surface area contributed by atoms with Gasteiger partial charge in [-0.3, -0.25) is 10.1 Å². The van der Waals surface area contributed by atoms with Gasteiger partial charge >= 0.3 is 0 Å². The molecule has 136 valence electrons. The molecule has 1 aromatic carbocycles. The van der Waals surface area contributed by atoms with Crippen molar-refractivity contribution >= 4 is 11.8 Å². The van der Waals surface area contributed by atoms with E-state index in [2.05, 4.69) is 10.5 Å². The second-order valence-corrected chi connectivity index (χ2v) is 5.92. The number of anilines is 1. The lowest BCUT2D eigenvalue weighted by Gasteiger charge is -2.23. The van der Waals surface area contributed by atoms with E-state index in [1.165, 1.54) is 14.2 Å². The van der Waals surface area contributed by atoms with Crippen LogP contribution in [0.4, 0.5) is 5.88 Å². The van der Waals surface area contributed by atoms with E-state index >= 15 is 0 Å². The Bertz CT molecular complexity index is 706. The molecular weight excluding hydrogens is 324 g/mol. The number of ether oxygens (including phenoxy) is 3. The number of methoxy groups -OCH3 is 3. The maximum absolute atomic E-state index is 12.6. The molecule has 0 saturated heterocycles. The monoisotopic (exact) mass is 348 g/mol. The Morgan fingerprint density at radius 1 is 1.24 bits per heavy atom. The van der Waals surface area contributed by atoms with Crippen LogP contribution in [0.2, 0.25) is 0 Å². The molecular formula is C18H24N2O5. The maximum atomic E-state index is 12.6. The van der Waals surface area contributed by atoms with Gasteiger partial charge in [-0.15, -0.1) is 0 Å². The third-order valence-electron chi connectivity index (χ3n) is 4.26. The summed E-state index contributed by atoms with van der Waals surface area (Å²) in [5, 5.41) is 6.77. The molecule has 1 aromatic heterocycles. The summed E-state index contributed by atoms with van der Waals surface area (Å²) in [7, 11) is 4.63. The van der Waals surface area contributed by atoms with Gasteiger partial charge in [0.15, 0.2) is 0 Å². The SMILES string of the molecule is CCC(C)(COC)c1cc(NC(=O)c2c(OC)cccc2OC)on1. The molecule has 1 N–H and O–H groups in total. The van der Waals surface area contributed by atoms with Gasteiger partial charge in [-0.1, -0.05) is 25.1 Å². The van der Waals surface area contributed by atoms with Crippen molar-refractivity contribution < 1.29 is 23.5 Å². The Labute approximate surface area is 147 Å². The van der Waals surface area contributed by atoms with Gasteiger partial charge in [-0.05, 0) is 18.6 Å². The minimum absolute atomic E-state index is 0.253. The van der Waals surface area contributed by atoms with E-state index in [-0.39, 0.29) is 11.3 Å². The summed E-state index contributed by atoms with van der Waals surface area (Å²) < 4.78 is 21.1. The Hall–Kier alpha value is -2.54. The molecule has 1 amide bonds. The molecule has 0 fully saturated rings. The molecule has 0 aliphatic heterocycles. The molecule has 0 aliphatic carbocycles. The number of benzene rings is 1. The fraction of sp³-hybridized carbons (Fsp3) is 0.444. The van der Waals surface area contributed by atoms with Gasteiger partial charge in [0.05, 0.1) is 26.5 Å². The normalized spacial score (nSPS) is 13.2. The van der Waals surface area contributed by atoms with Crippen LogP contribution in [0.25, 0.3) is 0 Å². The van der Waals surface area contributed by atoms with Crippen LogP contribution in [0.1, 0.15) is 36.3 Å². The smallest absolute Gasteiger partial charge is 0.265 e. The van der Waals surface area contributed by atoms with Gasteiger partial charge in [-0.2, -0.15) is 0 Å². The first-order chi connectivity index (χ1) is 12.0. The molecule has 0 saturated carbocycles. The number of carbonyl (C=O) groups is 1. The minimum atomic E-state index is -0.401. The molecule has 0 bridgehead atoms. The summed E-state index contributed by atoms with van der Waals surface area (Å²) >= 11 is 0. The van der Waals surface area contributed by atoms with E-state index in [4.69, 9.17) is 18.7 Å². The van der Waals surface area contributed by atoms with Crippen molar-refractivity contribution in [2.24, 2.45) is 0 Å². The van der Waals surface area contributed by atoms with E-state index in [0.29, 0.717) is 23.7 Å². The lowest BCUT2D eigenvalue weighted by atomic mass is 9.85. The molecule has 0 spiro atoms. The highest BCUT2D eigenvalue weighted by Crippen LogP contribution is 2.31. The second kappa shape index (κ2) is 8.02. The number of nitrogens with one attached hydrogen (secondary N) is 1. The van der Waals surface area contributed by atoms with E-state index in [0.717, 1.165) is 12.1 Å². The molecule has 7 nitrogen and oxygen atoms in total. The summed E-state index contributed by atoms with van der Waals surface area (Å²) in [5.74, 6) is 0.675. The number of nitrogens with zero attached hydrogens (tertiary/aromatic N) is 1. The third kappa shape index (κ3) is 3.93. The van der Waals surface area contributed by atoms with E-state index < -0.39 is 5.91 Å². The fourth-order valence-corrected chi connectivity index (χ4v) is 2.54. The van der Waals surface area contributed by atoms with Gasteiger partial charge in [0.25, 0.3) is 5.91 Å². The number of hydrogen-bond donors (Lipinski definition) is 1. The zero-order valence-corrected chi connectivity index (χ0v) is 15.2. The van der Waals surface area contributed by atoms with Gasteiger partial charge in [0, 0.05) is 18.6 Å². The molecule has 1 unspecified atom stereocenters. The van der Waals surface area contributed by atoms with Crippen LogP contribution in [0, 0.1) is 0 Å². The van der Waals surface area contributed by atoms with Crippen LogP contribution in [0.5, 0.6) is 11.5 Å². The molecule has 1 heterocycles. The van der Waals surface area contributed by atoms with Crippen molar-refractivity contribution in [2.75, 3.05) is 33.3 Å². The fourth-order valence-electron chi connectivity index (χ4n) is 2.54. The van der Waals surface area contributed by atoms with Gasteiger partial charge in [0.1, 0.15) is 17.1 Å². The zero-order valence-electron chi connectivity index (χ0n) is 15.2. The highest BCUT2D eigenvalue weighted by molar-refractivity contribution is 6.07. The topological polar surface area (TPSA) is 82.8 Å². The van der Waals surface area contributed by atoms with Gasteiger partial charge < -0.3 is 18.7 Å². The maximum Gasteiger partial charge on any atom is 0.265 e. The molecule has 1 atom stereocenters. The zero-order chi connectivity index (χ0) is 18.4. The van der Waals surface area contributed by atoms with Crippen molar-refractivity contribution in [3.05, 3.63) is 35.5 Å². The molecule has 2 rings (SSSR count). The van der Waals surface area contributed by atoms with E-state index in [9.17, 15) is 4.79 Å². The molecule has 25 heavy (non-hydrogen) atoms. The molecule has 7 heteroatoms. The Morgan fingerprint density at radius 3 is 2.40 bits per heavy atom. The Morgan fingerprint density at radius 2 is 1.88 bits per heavy atom. The highest BCUT2D eigenvalue weighted by atomic mass is 16.5. The average Bonchev–Trinajstić information content (AvgIpc) is 3.10. The van der Waals surface area contributed by atoms with Crippen LogP contribution >= 0.6 is 0 Å². The lowest BCUT2D eigenvalue weighted by molar-refractivity contribution is 0.101. The number of aromatic nitrogens is 1. The molecule has 0 aliphatic rings. The summed E-state index contributed by atoms with van der Waals surface area (Å²) in [6, 6.07) is 6.84. The standard InChI is InChI=1S/C18H24N2O5/c1-6-18(2,11-22-3)14-10-15(25-20-14)19-17(21)16-12(23-4)8-7-9-13(16)24-5/h7-10H,6,11H2,1-5H3,(H,19,21). The predicted molar refractivity (Wildman–Crippen MR) is 93.5 cm³/mol. The Balaban J connectivity index is 2.26. The van der Waals surface area contributed by atoms with Crippen molar-refractivity contribution in [1.82, 2.24) is 5.16 Å². The number of hydrogen-bond acceptors (Lipinski definition) is 6. The summed E-state index contributed by atoms with van der Waals surface area (Å²) in [5.41, 5.74) is 0.725. The van der Waals surface area contributed by atoms with Crippen molar-refractivity contribution in [3.8, 4) is 11.5 Å². The Kier molecular flexibility index (Phi) is 6.03. The first kappa shape index (κ1) is 18.8. The van der Waals surface area contributed by atoms with Crippen LogP contribution in [-0.2, 0) is 10.2 Å². The number of rotatable bonds is 8. The van der Waals surface area contributed by atoms with Crippen LogP contribution in [-0.4, -0.2) is 39.0 Å². The van der Waals surface area contributed by atoms with Crippen molar-refractivity contribution in [1.29, 1.82) is 0 Å². The molecule has 2 aromatic rings. The number of amides is 1. The van der Waals surface area contributed by atoms with Gasteiger partial charge in [-0.25, -0.2) is 0 Å². The highest BCUT2D eigenvalue weighted by Gasteiger charge is 2.29. The first-order valence-electron chi connectivity index (χ1n) is 7.97. The second-order valence-electron chi connectivity index (χ2n) is 5.92. The summed E-state index contributed by atoms with van der Waals surface area (Å²) in [6.45, 7) is 4.58. The quantitative estimate of drug-likeness (QED) is 0.788. The molecule has 0 radical (unpaired) electrons. The van der Waals surface area contributed by atoms with E-state index in [1.54, 1.807) is 31.4 Å². The van der Waals surface area contributed by atoms with Crippen molar-refractivity contribution in [2.45, 2.75) is 25.7 Å². The third-order valence-corrected chi connectivity index (χ3v) is 4.26. The summed E-state index contributed by atoms with van der Waals surface area (Å²) in [6.07, 6.45) is 0.821. The van der Waals surface area contributed by atoms with Gasteiger partial charge in [0.2, 0.25) is 5.88 Å². The number of carbonyl (C=O) groups excluding carboxylic acids is 1. The van der Waals surface area contributed by atoms with Crippen molar-refractivity contribution in [3.63, 3.8) is 0 Å². The van der Waals surface area contributed by atoms with Crippen LogP contribution in [0.15, 0.2) is 28.8 Å². The predicted octanol–water partition coefficient (Wildman–Crippen LogP) is 3.26. The lowest BCUT2D eigenvalue weighted by Crippen LogP contribution is -2.27. The average molecular weight is 348 g/mol. The summed E-state index contributed by atoms with van der Waals surface area (Å²) in [4.78, 5) is 12.6.